The van der Waals surface area contributed by atoms with Gasteiger partial charge in [0.05, 0.1) is 29.8 Å². The van der Waals surface area contributed by atoms with Crippen LogP contribution in [0.1, 0.15) is 29.8 Å². The molecule has 0 radical (unpaired) electrons. The van der Waals surface area contributed by atoms with E-state index >= 15 is 0 Å². The third-order valence-electron chi connectivity index (χ3n) is 5.89. The largest absolute Gasteiger partial charge is 0.379 e. The summed E-state index contributed by atoms with van der Waals surface area (Å²) >= 11 is 1.62. The van der Waals surface area contributed by atoms with Gasteiger partial charge in [0.25, 0.3) is 5.91 Å². The first-order valence-electron chi connectivity index (χ1n) is 11.5. The molecule has 1 saturated heterocycles. The number of amides is 3. The molecule has 4 rings (SSSR count). The monoisotopic (exact) mass is 469 g/mol. The van der Waals surface area contributed by atoms with Gasteiger partial charge in [-0.15, -0.1) is 11.3 Å². The molecule has 0 saturated carbocycles. The molecule has 33 heavy (non-hydrogen) atoms. The van der Waals surface area contributed by atoms with Crippen molar-refractivity contribution in [1.29, 1.82) is 0 Å². The zero-order chi connectivity index (χ0) is 23.0. The first-order valence-corrected chi connectivity index (χ1v) is 12.3. The minimum Gasteiger partial charge on any atom is -0.379 e. The Kier molecular flexibility index (Phi) is 8.09. The number of hydrogen-bond acceptors (Lipinski definition) is 6. The molecule has 3 heterocycles. The second-order valence-electron chi connectivity index (χ2n) is 8.10. The molecule has 2 aromatic rings. The minimum absolute atomic E-state index is 0.0132. The summed E-state index contributed by atoms with van der Waals surface area (Å²) in [7, 11) is 0. The van der Waals surface area contributed by atoms with E-state index in [1.54, 1.807) is 21.2 Å². The number of hydrogen-bond donors (Lipinski definition) is 1. The van der Waals surface area contributed by atoms with Crippen molar-refractivity contribution < 1.29 is 14.3 Å². The number of hydrazone groups is 1. The van der Waals surface area contributed by atoms with Gasteiger partial charge in [-0.3, -0.25) is 9.69 Å². The van der Waals surface area contributed by atoms with Gasteiger partial charge in [0.15, 0.2) is 0 Å². The average Bonchev–Trinajstić information content (AvgIpc) is 3.53. The molecule has 0 spiro atoms. The van der Waals surface area contributed by atoms with Gasteiger partial charge < -0.3 is 15.0 Å². The molecule has 1 unspecified atom stereocenters. The topological polar surface area (TPSA) is 77.5 Å². The van der Waals surface area contributed by atoms with Gasteiger partial charge in [-0.05, 0) is 23.9 Å². The molecule has 0 aliphatic carbocycles. The first-order chi connectivity index (χ1) is 16.2. The molecule has 1 atom stereocenters. The smallest absolute Gasteiger partial charge is 0.317 e. The summed E-state index contributed by atoms with van der Waals surface area (Å²) in [4.78, 5) is 31.1. The van der Waals surface area contributed by atoms with Crippen LogP contribution in [0.5, 0.6) is 0 Å². The maximum absolute atomic E-state index is 13.5. The molecule has 8 nitrogen and oxygen atoms in total. The van der Waals surface area contributed by atoms with Gasteiger partial charge in [-0.25, -0.2) is 9.80 Å². The van der Waals surface area contributed by atoms with E-state index < -0.39 is 0 Å². The van der Waals surface area contributed by atoms with Crippen LogP contribution in [0.25, 0.3) is 0 Å². The molecular weight excluding hydrogens is 438 g/mol. The summed E-state index contributed by atoms with van der Waals surface area (Å²) in [6, 6.07) is 13.6. The molecule has 1 aromatic carbocycles. The van der Waals surface area contributed by atoms with Crippen LogP contribution in [0.15, 0.2) is 52.9 Å². The lowest BCUT2D eigenvalue weighted by atomic mass is 10.0. The summed E-state index contributed by atoms with van der Waals surface area (Å²) in [5, 5.41) is 11.2. The van der Waals surface area contributed by atoms with Crippen LogP contribution >= 0.6 is 11.3 Å². The molecule has 1 aromatic heterocycles. The van der Waals surface area contributed by atoms with Crippen molar-refractivity contribution in [3.8, 4) is 0 Å². The quantitative estimate of drug-likeness (QED) is 0.645. The number of nitrogens with one attached hydrogen (secondary N) is 1. The maximum Gasteiger partial charge on any atom is 0.317 e. The Morgan fingerprint density at radius 3 is 2.67 bits per heavy atom. The lowest BCUT2D eigenvalue weighted by Gasteiger charge is -2.31. The second kappa shape index (κ2) is 11.4. The third kappa shape index (κ3) is 5.98. The molecule has 2 aliphatic heterocycles. The van der Waals surface area contributed by atoms with E-state index in [1.807, 2.05) is 54.8 Å². The fourth-order valence-electron chi connectivity index (χ4n) is 4.10. The van der Waals surface area contributed by atoms with E-state index in [0.29, 0.717) is 39.3 Å². The number of thiophene rings is 1. The van der Waals surface area contributed by atoms with E-state index in [9.17, 15) is 9.59 Å². The number of rotatable bonds is 8. The number of urea groups is 1. The molecule has 3 amide bonds. The molecule has 176 valence electrons. The van der Waals surface area contributed by atoms with Crippen LogP contribution in [0, 0.1) is 0 Å². The van der Waals surface area contributed by atoms with Crippen LogP contribution in [0.2, 0.25) is 0 Å². The van der Waals surface area contributed by atoms with Crippen molar-refractivity contribution in [2.24, 2.45) is 5.10 Å². The van der Waals surface area contributed by atoms with E-state index in [0.717, 1.165) is 29.2 Å². The Bertz CT molecular complexity index is 944. The van der Waals surface area contributed by atoms with Crippen LogP contribution in [0.4, 0.5) is 4.79 Å². The number of nitrogens with zero attached hydrogens (tertiary/aromatic N) is 4. The highest BCUT2D eigenvalue weighted by atomic mass is 32.1. The lowest BCUT2D eigenvalue weighted by molar-refractivity contribution is -0.133. The van der Waals surface area contributed by atoms with Gasteiger partial charge in [0, 0.05) is 39.1 Å². The predicted molar refractivity (Wildman–Crippen MR) is 129 cm³/mol. The van der Waals surface area contributed by atoms with Crippen LogP contribution in [-0.4, -0.2) is 84.9 Å². The average molecular weight is 470 g/mol. The highest BCUT2D eigenvalue weighted by molar-refractivity contribution is 7.12. The van der Waals surface area contributed by atoms with Crippen LogP contribution in [-0.2, 0) is 9.53 Å². The highest BCUT2D eigenvalue weighted by Crippen LogP contribution is 2.33. The summed E-state index contributed by atoms with van der Waals surface area (Å²) in [5.74, 6) is -0.177. The van der Waals surface area contributed by atoms with Crippen molar-refractivity contribution in [2.45, 2.75) is 19.4 Å². The summed E-state index contributed by atoms with van der Waals surface area (Å²) in [6.45, 7) is 6.64. The fraction of sp³-hybridized carbons (Fsp3) is 0.458. The van der Waals surface area contributed by atoms with Crippen molar-refractivity contribution in [2.75, 3.05) is 52.5 Å². The van der Waals surface area contributed by atoms with E-state index in [2.05, 4.69) is 10.2 Å². The summed E-state index contributed by atoms with van der Waals surface area (Å²) < 4.78 is 5.41. The normalized spacial score (nSPS) is 18.8. The molecule has 0 bridgehead atoms. The number of carbonyl (C=O) groups excluding carboxylic acids is 2. The van der Waals surface area contributed by atoms with Crippen LogP contribution in [0.3, 0.4) is 0 Å². The Hall–Kier alpha value is -2.75. The first kappa shape index (κ1) is 23.4. The number of benzene rings is 1. The number of ether oxygens (including phenoxy) is 1. The Morgan fingerprint density at radius 1 is 1.18 bits per heavy atom. The van der Waals surface area contributed by atoms with Gasteiger partial charge in [-0.2, -0.15) is 5.10 Å². The zero-order valence-corrected chi connectivity index (χ0v) is 19.8. The van der Waals surface area contributed by atoms with Crippen molar-refractivity contribution in [3.05, 3.63) is 58.3 Å². The van der Waals surface area contributed by atoms with Crippen molar-refractivity contribution in [1.82, 2.24) is 20.1 Å². The predicted octanol–water partition coefficient (Wildman–Crippen LogP) is 2.79. The van der Waals surface area contributed by atoms with Gasteiger partial charge in [0.1, 0.15) is 6.54 Å². The van der Waals surface area contributed by atoms with Gasteiger partial charge >= 0.3 is 6.03 Å². The van der Waals surface area contributed by atoms with Crippen LogP contribution < -0.4 is 5.32 Å². The van der Waals surface area contributed by atoms with Gasteiger partial charge in [0.2, 0.25) is 0 Å². The lowest BCUT2D eigenvalue weighted by Crippen LogP contribution is -2.49. The SMILES string of the molecule is CCNC(=O)N(CCN1CCOCC1)CC(=O)N1N=C(c2cccs2)CC1c1ccccc1. The Morgan fingerprint density at radius 2 is 1.97 bits per heavy atom. The summed E-state index contributed by atoms with van der Waals surface area (Å²) in [5.41, 5.74) is 1.95. The Labute approximate surface area is 198 Å². The molecular formula is C24H31N5O3S. The number of carbonyl (C=O) groups is 2. The standard InChI is InChI=1S/C24H31N5O3S/c1-2-25-24(31)28(11-10-27-12-14-32-15-13-27)18-23(30)29-21(19-7-4-3-5-8-19)17-20(26-29)22-9-6-16-33-22/h3-9,16,21H,2,10-15,17-18H2,1H3,(H,25,31). The summed E-state index contributed by atoms with van der Waals surface area (Å²) in [6.07, 6.45) is 0.658. The molecule has 2 aliphatic rings. The van der Waals surface area contributed by atoms with E-state index in [4.69, 9.17) is 9.84 Å². The zero-order valence-electron chi connectivity index (χ0n) is 19.0. The number of morpholine rings is 1. The van der Waals surface area contributed by atoms with E-state index in [-0.39, 0.29) is 24.5 Å². The van der Waals surface area contributed by atoms with E-state index in [1.165, 1.54) is 0 Å². The fourth-order valence-corrected chi connectivity index (χ4v) is 4.83. The van der Waals surface area contributed by atoms with Gasteiger partial charge in [-0.1, -0.05) is 36.4 Å². The highest BCUT2D eigenvalue weighted by Gasteiger charge is 2.34. The van der Waals surface area contributed by atoms with Crippen molar-refractivity contribution in [3.63, 3.8) is 0 Å². The molecule has 9 heteroatoms. The minimum atomic E-state index is -0.225. The third-order valence-corrected chi connectivity index (χ3v) is 6.81. The van der Waals surface area contributed by atoms with Crippen molar-refractivity contribution >= 4 is 29.0 Å². The Balaban J connectivity index is 1.50. The molecule has 1 fully saturated rings. The molecule has 1 N–H and O–H groups in total. The second-order valence-corrected chi connectivity index (χ2v) is 9.05. The maximum atomic E-state index is 13.5.